The lowest BCUT2D eigenvalue weighted by molar-refractivity contribution is -0.135. The molecule has 2 unspecified atom stereocenters. The van der Waals surface area contributed by atoms with Crippen molar-refractivity contribution in [2.45, 2.75) is 34.1 Å². The molecule has 1 heterocycles. The van der Waals surface area contributed by atoms with Gasteiger partial charge in [-0.25, -0.2) is 0 Å². The Morgan fingerprint density at radius 3 is 2.04 bits per heavy atom. The van der Waals surface area contributed by atoms with Gasteiger partial charge in [-0.15, -0.1) is 0 Å². The van der Waals surface area contributed by atoms with Gasteiger partial charge in [-0.1, -0.05) is 20.8 Å². The van der Waals surface area contributed by atoms with Crippen LogP contribution in [0.3, 0.4) is 0 Å². The Balaban J connectivity index is 1.85. The molecule has 1 aromatic rings. The smallest absolute Gasteiger partial charge is 0.238 e. The molecule has 1 aliphatic rings. The number of nitrogens with zero attached hydrogens (tertiary/aromatic N) is 2. The van der Waals surface area contributed by atoms with Crippen LogP contribution in [0.25, 0.3) is 0 Å². The molecule has 7 nitrogen and oxygen atoms in total. The van der Waals surface area contributed by atoms with Crippen molar-refractivity contribution in [3.05, 3.63) is 24.3 Å². The van der Waals surface area contributed by atoms with Crippen molar-refractivity contribution in [3.8, 4) is 0 Å². The Hall–Kier alpha value is -2.41. The lowest BCUT2D eigenvalue weighted by atomic mass is 9.92. The first-order valence-electron chi connectivity index (χ1n) is 9.94. The first-order valence-corrected chi connectivity index (χ1v) is 9.94. The van der Waals surface area contributed by atoms with Crippen LogP contribution in [0.2, 0.25) is 0 Å². The summed E-state index contributed by atoms with van der Waals surface area (Å²) < 4.78 is 0. The second-order valence-corrected chi connectivity index (χ2v) is 7.85. The van der Waals surface area contributed by atoms with E-state index in [0.717, 1.165) is 19.5 Å². The molecule has 0 radical (unpaired) electrons. The number of piperidine rings is 1. The average Bonchev–Trinajstić information content (AvgIpc) is 2.61. The predicted octanol–water partition coefficient (Wildman–Crippen LogP) is 2.41. The maximum atomic E-state index is 12.6. The fraction of sp³-hybridized carbons (Fsp3) is 0.571. The number of rotatable bonds is 7. The minimum Gasteiger partial charge on any atom is -0.341 e. The lowest BCUT2D eigenvalue weighted by Crippen LogP contribution is -2.48. The second-order valence-electron chi connectivity index (χ2n) is 7.85. The highest BCUT2D eigenvalue weighted by Crippen LogP contribution is 2.21. The highest BCUT2D eigenvalue weighted by molar-refractivity contribution is 5.93. The average molecular weight is 389 g/mol. The minimum atomic E-state index is -0.165. The van der Waals surface area contributed by atoms with Gasteiger partial charge in [0.2, 0.25) is 17.7 Å². The van der Waals surface area contributed by atoms with Crippen LogP contribution in [0, 0.1) is 11.8 Å². The van der Waals surface area contributed by atoms with Crippen LogP contribution in [-0.4, -0.2) is 60.2 Å². The molecule has 3 amide bonds. The van der Waals surface area contributed by atoms with Gasteiger partial charge < -0.3 is 15.5 Å². The van der Waals surface area contributed by atoms with E-state index in [4.69, 9.17) is 0 Å². The summed E-state index contributed by atoms with van der Waals surface area (Å²) in [5.74, 6) is 0.825. The first-order chi connectivity index (χ1) is 13.3. The highest BCUT2D eigenvalue weighted by Gasteiger charge is 2.26. The van der Waals surface area contributed by atoms with Crippen molar-refractivity contribution >= 4 is 29.1 Å². The van der Waals surface area contributed by atoms with E-state index in [1.165, 1.54) is 6.92 Å². The molecule has 0 bridgehead atoms. The third kappa shape index (κ3) is 6.96. The third-order valence-corrected chi connectivity index (χ3v) is 4.88. The van der Waals surface area contributed by atoms with E-state index in [0.29, 0.717) is 29.8 Å². The molecule has 0 aliphatic carbocycles. The van der Waals surface area contributed by atoms with Crippen LogP contribution in [0.1, 0.15) is 34.1 Å². The topological polar surface area (TPSA) is 81.8 Å². The van der Waals surface area contributed by atoms with Gasteiger partial charge in [-0.3, -0.25) is 19.3 Å². The summed E-state index contributed by atoms with van der Waals surface area (Å²) in [6.45, 7) is 10.4. The van der Waals surface area contributed by atoms with E-state index in [1.807, 2.05) is 16.7 Å². The lowest BCUT2D eigenvalue weighted by Gasteiger charge is -2.36. The van der Waals surface area contributed by atoms with Crippen molar-refractivity contribution < 1.29 is 14.4 Å². The summed E-state index contributed by atoms with van der Waals surface area (Å²) in [4.78, 5) is 39.8. The standard InChI is InChI=1S/C21H32N4O3/c1-5-24(14-21(28)25-11-15(2)10-16(3)12-25)13-20(27)23-19-8-6-18(7-9-19)22-17(4)26/h6-9,15-16H,5,10-14H2,1-4H3,(H,22,26)(H,23,27). The fourth-order valence-electron chi connectivity index (χ4n) is 3.68. The molecule has 28 heavy (non-hydrogen) atoms. The Kier molecular flexibility index (Phi) is 7.99. The zero-order valence-electron chi connectivity index (χ0n) is 17.3. The Morgan fingerprint density at radius 2 is 1.54 bits per heavy atom. The first kappa shape index (κ1) is 21.9. The summed E-state index contributed by atoms with van der Waals surface area (Å²) in [6.07, 6.45) is 1.16. The molecule has 0 spiro atoms. The maximum Gasteiger partial charge on any atom is 0.238 e. The van der Waals surface area contributed by atoms with Crippen molar-refractivity contribution in [2.24, 2.45) is 11.8 Å². The van der Waals surface area contributed by atoms with Gasteiger partial charge in [-0.05, 0) is 49.1 Å². The molecular formula is C21H32N4O3. The zero-order chi connectivity index (χ0) is 20.7. The van der Waals surface area contributed by atoms with Gasteiger partial charge in [0.25, 0.3) is 0 Å². The number of nitrogens with one attached hydrogen (secondary N) is 2. The van der Waals surface area contributed by atoms with Gasteiger partial charge in [0, 0.05) is 31.4 Å². The largest absolute Gasteiger partial charge is 0.341 e. The van der Waals surface area contributed by atoms with Gasteiger partial charge >= 0.3 is 0 Å². The summed E-state index contributed by atoms with van der Waals surface area (Å²) in [5.41, 5.74) is 1.33. The summed E-state index contributed by atoms with van der Waals surface area (Å²) in [5, 5.41) is 5.52. The van der Waals surface area contributed by atoms with E-state index < -0.39 is 0 Å². The molecule has 2 rings (SSSR count). The monoisotopic (exact) mass is 388 g/mol. The minimum absolute atomic E-state index is 0.0905. The normalized spacial score (nSPS) is 19.4. The molecule has 2 N–H and O–H groups in total. The summed E-state index contributed by atoms with van der Waals surface area (Å²) in [6, 6.07) is 6.94. The molecular weight excluding hydrogens is 356 g/mol. The molecule has 154 valence electrons. The molecule has 2 atom stereocenters. The van der Waals surface area contributed by atoms with Crippen molar-refractivity contribution in [3.63, 3.8) is 0 Å². The van der Waals surface area contributed by atoms with Crippen molar-refractivity contribution in [1.82, 2.24) is 9.80 Å². The number of carbonyl (C=O) groups excluding carboxylic acids is 3. The predicted molar refractivity (Wildman–Crippen MR) is 111 cm³/mol. The van der Waals surface area contributed by atoms with Gasteiger partial charge in [0.15, 0.2) is 0 Å². The number of hydrogen-bond donors (Lipinski definition) is 2. The van der Waals surface area contributed by atoms with E-state index >= 15 is 0 Å². The maximum absolute atomic E-state index is 12.6. The number of benzene rings is 1. The zero-order valence-corrected chi connectivity index (χ0v) is 17.3. The van der Waals surface area contributed by atoms with Crippen LogP contribution in [0.15, 0.2) is 24.3 Å². The van der Waals surface area contributed by atoms with Crippen molar-refractivity contribution in [1.29, 1.82) is 0 Å². The van der Waals surface area contributed by atoms with Crippen LogP contribution in [0.5, 0.6) is 0 Å². The SMILES string of the molecule is CCN(CC(=O)Nc1ccc(NC(C)=O)cc1)CC(=O)N1CC(C)CC(C)C1. The Bertz CT molecular complexity index is 679. The van der Waals surface area contributed by atoms with Crippen LogP contribution in [-0.2, 0) is 14.4 Å². The summed E-state index contributed by atoms with van der Waals surface area (Å²) >= 11 is 0. The Morgan fingerprint density at radius 1 is 1.00 bits per heavy atom. The number of carbonyl (C=O) groups is 3. The quantitative estimate of drug-likeness (QED) is 0.752. The molecule has 0 saturated carbocycles. The van der Waals surface area contributed by atoms with E-state index in [1.54, 1.807) is 24.3 Å². The number of amides is 3. The number of likely N-dealkylation sites (tertiary alicyclic amines) is 1. The van der Waals surface area contributed by atoms with Crippen LogP contribution < -0.4 is 10.6 Å². The van der Waals surface area contributed by atoms with Gasteiger partial charge in [-0.2, -0.15) is 0 Å². The molecule has 7 heteroatoms. The van der Waals surface area contributed by atoms with Crippen molar-refractivity contribution in [2.75, 3.05) is 43.4 Å². The van der Waals surface area contributed by atoms with E-state index in [2.05, 4.69) is 24.5 Å². The van der Waals surface area contributed by atoms with Gasteiger partial charge in [0.05, 0.1) is 13.1 Å². The number of hydrogen-bond acceptors (Lipinski definition) is 4. The van der Waals surface area contributed by atoms with Crippen LogP contribution in [0.4, 0.5) is 11.4 Å². The second kappa shape index (κ2) is 10.2. The van der Waals surface area contributed by atoms with Gasteiger partial charge in [0.1, 0.15) is 0 Å². The third-order valence-electron chi connectivity index (χ3n) is 4.88. The Labute approximate surface area is 167 Å². The summed E-state index contributed by atoms with van der Waals surface area (Å²) in [7, 11) is 0. The number of likely N-dealkylation sites (N-methyl/N-ethyl adjacent to an activating group) is 1. The van der Waals surface area contributed by atoms with E-state index in [-0.39, 0.29) is 30.8 Å². The highest BCUT2D eigenvalue weighted by atomic mass is 16.2. The molecule has 1 aromatic carbocycles. The van der Waals surface area contributed by atoms with E-state index in [9.17, 15) is 14.4 Å². The number of anilines is 2. The fourth-order valence-corrected chi connectivity index (χ4v) is 3.68. The molecule has 1 saturated heterocycles. The molecule has 1 fully saturated rings. The molecule has 1 aliphatic heterocycles. The molecule has 0 aromatic heterocycles. The van der Waals surface area contributed by atoms with Crippen LogP contribution >= 0.6 is 0 Å².